The third-order valence-electron chi connectivity index (χ3n) is 3.48. The number of amides is 1. The number of alkyl halides is 1. The summed E-state index contributed by atoms with van der Waals surface area (Å²) in [6.45, 7) is 2.72. The van der Waals surface area contributed by atoms with Crippen molar-refractivity contribution >= 4 is 29.1 Å². The Labute approximate surface area is 118 Å². The van der Waals surface area contributed by atoms with E-state index in [1.165, 1.54) is 0 Å². The van der Waals surface area contributed by atoms with Gasteiger partial charge in [0.1, 0.15) is 0 Å². The second kappa shape index (κ2) is 5.94. The van der Waals surface area contributed by atoms with Crippen LogP contribution in [0.2, 0.25) is 5.02 Å². The van der Waals surface area contributed by atoms with E-state index in [4.69, 9.17) is 23.2 Å². The fourth-order valence-electron chi connectivity index (χ4n) is 2.32. The van der Waals surface area contributed by atoms with Gasteiger partial charge in [0.2, 0.25) is 0 Å². The summed E-state index contributed by atoms with van der Waals surface area (Å²) in [5.74, 6) is 0.549. The first kappa shape index (κ1) is 13.7. The number of hydrogen-bond acceptors (Lipinski definition) is 1. The predicted molar refractivity (Wildman–Crippen MR) is 75.6 cm³/mol. The van der Waals surface area contributed by atoms with Crippen LogP contribution < -0.4 is 0 Å². The van der Waals surface area contributed by atoms with Crippen LogP contribution in [-0.2, 0) is 0 Å². The van der Waals surface area contributed by atoms with Crippen molar-refractivity contribution in [3.8, 4) is 0 Å². The van der Waals surface area contributed by atoms with Crippen LogP contribution in [0.4, 0.5) is 0 Å². The molecule has 0 saturated carbocycles. The quantitative estimate of drug-likeness (QED) is 0.755. The number of hydrogen-bond donors (Lipinski definition) is 0. The van der Waals surface area contributed by atoms with Gasteiger partial charge in [-0.15, -0.1) is 11.6 Å². The Hall–Kier alpha value is -0.730. The van der Waals surface area contributed by atoms with E-state index in [0.717, 1.165) is 31.4 Å². The molecule has 1 amide bonds. The maximum Gasteiger partial charge on any atom is 0.254 e. The van der Waals surface area contributed by atoms with Gasteiger partial charge in [0, 0.05) is 29.1 Å². The Morgan fingerprint density at radius 2 is 2.22 bits per heavy atom. The van der Waals surface area contributed by atoms with Gasteiger partial charge in [-0.1, -0.05) is 17.7 Å². The highest BCUT2D eigenvalue weighted by Gasteiger charge is 2.26. The molecule has 0 N–H and O–H groups in total. The van der Waals surface area contributed by atoms with E-state index in [1.807, 2.05) is 24.0 Å². The Bertz CT molecular complexity index is 447. The minimum Gasteiger partial charge on any atom is -0.334 e. The molecule has 0 radical (unpaired) electrons. The van der Waals surface area contributed by atoms with Crippen molar-refractivity contribution in [1.82, 2.24) is 4.90 Å². The van der Waals surface area contributed by atoms with Gasteiger partial charge in [0.25, 0.3) is 5.91 Å². The lowest BCUT2D eigenvalue weighted by atomic mass is 10.0. The molecule has 1 aliphatic heterocycles. The molecular weight excluding hydrogens is 269 g/mol. The molecule has 0 bridgehead atoms. The second-order valence-corrected chi connectivity index (χ2v) is 5.48. The molecule has 4 heteroatoms. The van der Waals surface area contributed by atoms with Crippen LogP contribution in [0.15, 0.2) is 18.2 Å². The fraction of sp³-hybridized carbons (Fsp3) is 0.500. The molecule has 1 aromatic rings. The van der Waals surface area contributed by atoms with Crippen molar-refractivity contribution in [2.24, 2.45) is 0 Å². The number of likely N-dealkylation sites (tertiary alicyclic amines) is 1. The predicted octanol–water partition coefficient (Wildman–Crippen LogP) is 3.88. The zero-order chi connectivity index (χ0) is 13.1. The molecule has 0 aromatic heterocycles. The molecule has 1 atom stereocenters. The zero-order valence-electron chi connectivity index (χ0n) is 10.5. The highest BCUT2D eigenvalue weighted by Crippen LogP contribution is 2.23. The van der Waals surface area contributed by atoms with Crippen molar-refractivity contribution < 1.29 is 4.79 Å². The molecule has 0 aliphatic carbocycles. The molecule has 1 aromatic carbocycles. The minimum absolute atomic E-state index is 0.0438. The number of rotatable bonds is 2. The van der Waals surface area contributed by atoms with Crippen LogP contribution in [0.5, 0.6) is 0 Å². The number of carbonyl (C=O) groups excluding carboxylic acids is 1. The number of aryl methyl sites for hydroxylation is 1. The molecule has 2 rings (SSSR count). The lowest BCUT2D eigenvalue weighted by Gasteiger charge is -2.34. The Kier molecular flexibility index (Phi) is 4.52. The van der Waals surface area contributed by atoms with Crippen LogP contribution in [0.1, 0.15) is 35.2 Å². The number of piperidine rings is 1. The molecule has 18 heavy (non-hydrogen) atoms. The summed E-state index contributed by atoms with van der Waals surface area (Å²) >= 11 is 12.0. The molecule has 1 unspecified atom stereocenters. The smallest absolute Gasteiger partial charge is 0.254 e. The van der Waals surface area contributed by atoms with E-state index >= 15 is 0 Å². The second-order valence-electron chi connectivity index (χ2n) is 4.77. The highest BCUT2D eigenvalue weighted by atomic mass is 35.5. The van der Waals surface area contributed by atoms with Crippen LogP contribution in [-0.4, -0.2) is 29.3 Å². The standard InChI is InChI=1S/C14H17Cl2NO/c1-10-5-6-11(8-13(10)16)14(18)17-7-3-2-4-12(17)9-15/h5-6,8,12H,2-4,7,9H2,1H3. The van der Waals surface area contributed by atoms with Crippen molar-refractivity contribution in [2.45, 2.75) is 32.2 Å². The van der Waals surface area contributed by atoms with E-state index in [-0.39, 0.29) is 11.9 Å². The summed E-state index contributed by atoms with van der Waals surface area (Å²) in [7, 11) is 0. The largest absolute Gasteiger partial charge is 0.334 e. The van der Waals surface area contributed by atoms with Crippen molar-refractivity contribution in [3.05, 3.63) is 34.3 Å². The Balaban J connectivity index is 2.21. The lowest BCUT2D eigenvalue weighted by molar-refractivity contribution is 0.0639. The first-order chi connectivity index (χ1) is 8.63. The monoisotopic (exact) mass is 285 g/mol. The maximum absolute atomic E-state index is 12.4. The number of benzene rings is 1. The van der Waals surface area contributed by atoms with Gasteiger partial charge in [0.05, 0.1) is 0 Å². The maximum atomic E-state index is 12.4. The van der Waals surface area contributed by atoms with Crippen LogP contribution in [0, 0.1) is 6.92 Å². The molecule has 1 fully saturated rings. The summed E-state index contributed by atoms with van der Waals surface area (Å²) in [5.41, 5.74) is 1.64. The van der Waals surface area contributed by atoms with E-state index < -0.39 is 0 Å². The SMILES string of the molecule is Cc1ccc(C(=O)N2CCCCC2CCl)cc1Cl. The van der Waals surface area contributed by atoms with Crippen LogP contribution in [0.25, 0.3) is 0 Å². The van der Waals surface area contributed by atoms with Crippen LogP contribution in [0.3, 0.4) is 0 Å². The molecule has 1 saturated heterocycles. The summed E-state index contributed by atoms with van der Waals surface area (Å²) in [6.07, 6.45) is 3.20. The van der Waals surface area contributed by atoms with Gasteiger partial charge in [-0.25, -0.2) is 0 Å². The van der Waals surface area contributed by atoms with Gasteiger partial charge in [-0.05, 0) is 43.9 Å². The minimum atomic E-state index is 0.0438. The summed E-state index contributed by atoms with van der Waals surface area (Å²) in [4.78, 5) is 14.3. The normalized spacial score (nSPS) is 19.9. The van der Waals surface area contributed by atoms with Gasteiger partial charge >= 0.3 is 0 Å². The van der Waals surface area contributed by atoms with Gasteiger partial charge in [-0.2, -0.15) is 0 Å². The van der Waals surface area contributed by atoms with Crippen molar-refractivity contribution in [3.63, 3.8) is 0 Å². The average molecular weight is 286 g/mol. The lowest BCUT2D eigenvalue weighted by Crippen LogP contribution is -2.44. The molecule has 1 heterocycles. The molecule has 1 aliphatic rings. The van der Waals surface area contributed by atoms with E-state index in [1.54, 1.807) is 6.07 Å². The van der Waals surface area contributed by atoms with Gasteiger partial charge in [0.15, 0.2) is 0 Å². The third kappa shape index (κ3) is 2.81. The number of nitrogens with zero attached hydrogens (tertiary/aromatic N) is 1. The molecule has 0 spiro atoms. The van der Waals surface area contributed by atoms with E-state index in [2.05, 4.69) is 0 Å². The van der Waals surface area contributed by atoms with Crippen molar-refractivity contribution in [1.29, 1.82) is 0 Å². The van der Waals surface area contributed by atoms with Gasteiger partial charge in [-0.3, -0.25) is 4.79 Å². The van der Waals surface area contributed by atoms with Crippen molar-refractivity contribution in [2.75, 3.05) is 12.4 Å². The number of carbonyl (C=O) groups is 1. The molecular formula is C14H17Cl2NO. The van der Waals surface area contributed by atoms with E-state index in [9.17, 15) is 4.79 Å². The Morgan fingerprint density at radius 1 is 1.44 bits per heavy atom. The molecule has 2 nitrogen and oxygen atoms in total. The highest BCUT2D eigenvalue weighted by molar-refractivity contribution is 6.31. The summed E-state index contributed by atoms with van der Waals surface area (Å²) < 4.78 is 0. The van der Waals surface area contributed by atoms with Crippen LogP contribution >= 0.6 is 23.2 Å². The number of halogens is 2. The average Bonchev–Trinajstić information content (AvgIpc) is 2.41. The first-order valence-electron chi connectivity index (χ1n) is 6.26. The van der Waals surface area contributed by atoms with Gasteiger partial charge < -0.3 is 4.90 Å². The topological polar surface area (TPSA) is 20.3 Å². The molecule has 98 valence electrons. The summed E-state index contributed by atoms with van der Waals surface area (Å²) in [5, 5.41) is 0.639. The Morgan fingerprint density at radius 3 is 2.89 bits per heavy atom. The third-order valence-corrected chi connectivity index (χ3v) is 4.25. The summed E-state index contributed by atoms with van der Waals surface area (Å²) in [6, 6.07) is 5.63. The van der Waals surface area contributed by atoms with E-state index in [0.29, 0.717) is 16.5 Å². The fourth-order valence-corrected chi connectivity index (χ4v) is 2.82. The first-order valence-corrected chi connectivity index (χ1v) is 7.18. The zero-order valence-corrected chi connectivity index (χ0v) is 12.0.